The van der Waals surface area contributed by atoms with E-state index in [1.807, 2.05) is 25.1 Å². The highest BCUT2D eigenvalue weighted by Crippen LogP contribution is 2.29. The molecule has 0 aliphatic rings. The van der Waals surface area contributed by atoms with Gasteiger partial charge in [-0.1, -0.05) is 11.6 Å². The standard InChI is InChI=1S/C15H20ClN5O2/c1-18-15(17)20-14(22)13-8-10-11(16)6-9(7-12(10)19-13)23-5-4-21(2)3/h6-8,19H,4-5H2,1-3H3,(H3,17,18,20,22). The Morgan fingerprint density at radius 3 is 2.83 bits per heavy atom. The van der Waals surface area contributed by atoms with Crippen molar-refractivity contribution in [1.29, 1.82) is 0 Å². The lowest BCUT2D eigenvalue weighted by molar-refractivity contribution is 0.0972. The molecular formula is C15H20ClN5O2. The van der Waals surface area contributed by atoms with Crippen LogP contribution >= 0.6 is 11.6 Å². The Bertz CT molecular complexity index is 739. The number of benzene rings is 1. The van der Waals surface area contributed by atoms with Gasteiger partial charge in [-0.25, -0.2) is 0 Å². The minimum atomic E-state index is -0.379. The molecule has 1 amide bonds. The maximum atomic E-state index is 12.0. The molecule has 1 aromatic heterocycles. The second kappa shape index (κ2) is 7.34. The Morgan fingerprint density at radius 1 is 1.43 bits per heavy atom. The van der Waals surface area contributed by atoms with E-state index >= 15 is 0 Å². The predicted molar refractivity (Wildman–Crippen MR) is 92.4 cm³/mol. The zero-order valence-corrected chi connectivity index (χ0v) is 14.1. The molecule has 1 heterocycles. The normalized spacial score (nSPS) is 12.0. The largest absolute Gasteiger partial charge is 0.492 e. The lowest BCUT2D eigenvalue weighted by Gasteiger charge is -2.11. The highest BCUT2D eigenvalue weighted by Gasteiger charge is 2.13. The number of nitrogens with two attached hydrogens (primary N) is 1. The van der Waals surface area contributed by atoms with E-state index in [4.69, 9.17) is 22.1 Å². The summed E-state index contributed by atoms with van der Waals surface area (Å²) in [6, 6.07) is 5.21. The first-order valence-corrected chi connectivity index (χ1v) is 7.42. The van der Waals surface area contributed by atoms with Crippen LogP contribution in [0.15, 0.2) is 23.2 Å². The van der Waals surface area contributed by atoms with Crippen LogP contribution in [0.2, 0.25) is 5.02 Å². The lowest BCUT2D eigenvalue weighted by atomic mass is 10.2. The van der Waals surface area contributed by atoms with Crippen molar-refractivity contribution in [3.63, 3.8) is 0 Å². The highest BCUT2D eigenvalue weighted by atomic mass is 35.5. The summed E-state index contributed by atoms with van der Waals surface area (Å²) in [4.78, 5) is 20.8. The molecule has 0 radical (unpaired) electrons. The number of aliphatic imine (C=N–C) groups is 1. The number of nitrogens with one attached hydrogen (secondary N) is 2. The van der Waals surface area contributed by atoms with Gasteiger partial charge >= 0.3 is 0 Å². The van der Waals surface area contributed by atoms with Gasteiger partial charge in [-0.05, 0) is 26.2 Å². The van der Waals surface area contributed by atoms with Crippen LogP contribution in [0.1, 0.15) is 10.5 Å². The number of carbonyl (C=O) groups excluding carboxylic acids is 1. The maximum Gasteiger partial charge on any atom is 0.274 e. The van der Waals surface area contributed by atoms with E-state index in [9.17, 15) is 4.79 Å². The number of carbonyl (C=O) groups is 1. The first-order chi connectivity index (χ1) is 10.9. The van der Waals surface area contributed by atoms with Gasteiger partial charge in [-0.3, -0.25) is 15.1 Å². The number of ether oxygens (including phenoxy) is 1. The van der Waals surface area contributed by atoms with Crippen molar-refractivity contribution < 1.29 is 9.53 Å². The van der Waals surface area contributed by atoms with E-state index in [2.05, 4.69) is 15.3 Å². The molecule has 0 fully saturated rings. The Labute approximate surface area is 139 Å². The van der Waals surface area contributed by atoms with Crippen molar-refractivity contribution in [2.45, 2.75) is 0 Å². The minimum absolute atomic E-state index is 0.0486. The number of H-pyrrole nitrogens is 1. The van der Waals surface area contributed by atoms with Gasteiger partial charge in [-0.15, -0.1) is 0 Å². The van der Waals surface area contributed by atoms with E-state index in [0.717, 1.165) is 17.4 Å². The van der Waals surface area contributed by atoms with Crippen molar-refractivity contribution in [2.24, 2.45) is 10.7 Å². The Kier molecular flexibility index (Phi) is 5.46. The number of fused-ring (bicyclic) bond motifs is 1. The monoisotopic (exact) mass is 337 g/mol. The third-order valence-corrected chi connectivity index (χ3v) is 3.51. The van der Waals surface area contributed by atoms with Gasteiger partial charge in [-0.2, -0.15) is 0 Å². The molecule has 1 aromatic carbocycles. The number of halogens is 1. The van der Waals surface area contributed by atoms with Crippen molar-refractivity contribution in [3.8, 4) is 5.75 Å². The number of rotatable bonds is 5. The smallest absolute Gasteiger partial charge is 0.274 e. The average molecular weight is 338 g/mol. The van der Waals surface area contributed by atoms with E-state index in [1.54, 1.807) is 12.1 Å². The zero-order chi connectivity index (χ0) is 17.0. The van der Waals surface area contributed by atoms with Gasteiger partial charge in [0.05, 0.1) is 10.5 Å². The molecule has 8 heteroatoms. The highest BCUT2D eigenvalue weighted by molar-refractivity contribution is 6.35. The molecule has 124 valence electrons. The molecule has 7 nitrogen and oxygen atoms in total. The minimum Gasteiger partial charge on any atom is -0.492 e. The molecule has 0 saturated carbocycles. The Hall–Kier alpha value is -2.25. The summed E-state index contributed by atoms with van der Waals surface area (Å²) >= 11 is 6.26. The number of hydrogen-bond donors (Lipinski definition) is 3. The maximum absolute atomic E-state index is 12.0. The first kappa shape index (κ1) is 17.1. The molecule has 0 saturated heterocycles. The molecule has 2 aromatic rings. The van der Waals surface area contributed by atoms with Crippen LogP contribution in [0.4, 0.5) is 0 Å². The number of amides is 1. The Balaban J connectivity index is 2.22. The van der Waals surface area contributed by atoms with Crippen molar-refractivity contribution in [1.82, 2.24) is 15.2 Å². The summed E-state index contributed by atoms with van der Waals surface area (Å²) in [5, 5.41) is 3.71. The third kappa shape index (κ3) is 4.37. The van der Waals surface area contributed by atoms with Gasteiger partial charge in [0.25, 0.3) is 5.91 Å². The van der Waals surface area contributed by atoms with Crippen molar-refractivity contribution >= 4 is 34.4 Å². The van der Waals surface area contributed by atoms with Gasteiger partial charge in [0.1, 0.15) is 18.1 Å². The van der Waals surface area contributed by atoms with Crippen LogP contribution in [-0.4, -0.2) is 56.0 Å². The molecule has 0 atom stereocenters. The molecule has 23 heavy (non-hydrogen) atoms. The topological polar surface area (TPSA) is 95.7 Å². The quantitative estimate of drug-likeness (QED) is 0.568. The van der Waals surface area contributed by atoms with Crippen LogP contribution in [-0.2, 0) is 0 Å². The summed E-state index contributed by atoms with van der Waals surface area (Å²) in [6.07, 6.45) is 0. The number of guanidine groups is 1. The average Bonchev–Trinajstić information content (AvgIpc) is 2.91. The van der Waals surface area contributed by atoms with Gasteiger partial charge in [0, 0.05) is 25.0 Å². The molecule has 0 aliphatic carbocycles. The van der Waals surface area contributed by atoms with Crippen molar-refractivity contribution in [2.75, 3.05) is 34.3 Å². The summed E-state index contributed by atoms with van der Waals surface area (Å²) in [5.74, 6) is 0.315. The van der Waals surface area contributed by atoms with Gasteiger partial charge in [0.2, 0.25) is 0 Å². The van der Waals surface area contributed by atoms with Crippen LogP contribution in [0.25, 0.3) is 10.9 Å². The van der Waals surface area contributed by atoms with Gasteiger partial charge < -0.3 is 20.4 Å². The second-order valence-corrected chi connectivity index (χ2v) is 5.67. The molecule has 0 aliphatic heterocycles. The predicted octanol–water partition coefficient (Wildman–Crippen LogP) is 1.44. The van der Waals surface area contributed by atoms with E-state index in [1.165, 1.54) is 7.05 Å². The fourth-order valence-electron chi connectivity index (χ4n) is 1.96. The summed E-state index contributed by atoms with van der Waals surface area (Å²) in [7, 11) is 5.44. The SMILES string of the molecule is CN=C(N)NC(=O)c1cc2c(Cl)cc(OCCN(C)C)cc2[nH]1. The molecule has 0 spiro atoms. The van der Waals surface area contributed by atoms with Crippen LogP contribution in [0, 0.1) is 0 Å². The molecule has 0 bridgehead atoms. The Morgan fingerprint density at radius 2 is 2.17 bits per heavy atom. The summed E-state index contributed by atoms with van der Waals surface area (Å²) < 4.78 is 5.67. The van der Waals surface area contributed by atoms with Crippen LogP contribution in [0.5, 0.6) is 5.75 Å². The van der Waals surface area contributed by atoms with Crippen LogP contribution in [0.3, 0.4) is 0 Å². The number of hydrogen-bond acceptors (Lipinski definition) is 4. The third-order valence-electron chi connectivity index (χ3n) is 3.20. The first-order valence-electron chi connectivity index (χ1n) is 7.04. The summed E-state index contributed by atoms with van der Waals surface area (Å²) in [6.45, 7) is 1.34. The molecule has 4 N–H and O–H groups in total. The molecular weight excluding hydrogens is 318 g/mol. The second-order valence-electron chi connectivity index (χ2n) is 5.26. The van der Waals surface area contributed by atoms with Gasteiger partial charge in [0.15, 0.2) is 5.96 Å². The number of aromatic amines is 1. The molecule has 2 rings (SSSR count). The van der Waals surface area contributed by atoms with E-state index in [-0.39, 0.29) is 11.9 Å². The number of likely N-dealkylation sites (N-methyl/N-ethyl adjacent to an activating group) is 1. The van der Waals surface area contributed by atoms with E-state index in [0.29, 0.717) is 23.1 Å². The van der Waals surface area contributed by atoms with E-state index < -0.39 is 0 Å². The fourth-order valence-corrected chi connectivity index (χ4v) is 2.22. The van der Waals surface area contributed by atoms with Crippen molar-refractivity contribution in [3.05, 3.63) is 28.9 Å². The number of aromatic nitrogens is 1. The van der Waals surface area contributed by atoms with Crippen LogP contribution < -0.4 is 15.8 Å². The summed E-state index contributed by atoms with van der Waals surface area (Å²) in [5.41, 5.74) is 6.56. The zero-order valence-electron chi connectivity index (χ0n) is 13.3. The fraction of sp³-hybridized carbons (Fsp3) is 0.333. The molecule has 0 unspecified atom stereocenters. The lowest BCUT2D eigenvalue weighted by Crippen LogP contribution is -2.36. The number of nitrogens with zero attached hydrogens (tertiary/aromatic N) is 2.